The summed E-state index contributed by atoms with van der Waals surface area (Å²) in [5, 5.41) is 14.6. The third-order valence-electron chi connectivity index (χ3n) is 3.06. The molecule has 1 aromatic rings. The third kappa shape index (κ3) is 4.73. The quantitative estimate of drug-likeness (QED) is 0.694. The van der Waals surface area contributed by atoms with E-state index in [-0.39, 0.29) is 6.61 Å². The lowest BCUT2D eigenvalue weighted by atomic mass is 10.1. The fourth-order valence-corrected chi connectivity index (χ4v) is 2.64. The van der Waals surface area contributed by atoms with E-state index in [1.54, 1.807) is 31.7 Å². The molecule has 1 amide bonds. The van der Waals surface area contributed by atoms with Gasteiger partial charge in [0.1, 0.15) is 18.6 Å². The van der Waals surface area contributed by atoms with Crippen LogP contribution in [0.3, 0.4) is 0 Å². The predicted octanol–water partition coefficient (Wildman–Crippen LogP) is 1.10. The molecule has 0 saturated heterocycles. The maximum Gasteiger partial charge on any atom is 0.328 e. The molecule has 0 saturated carbocycles. The topological polar surface area (TPSA) is 95.9 Å². The van der Waals surface area contributed by atoms with E-state index in [2.05, 4.69) is 5.32 Å². The zero-order chi connectivity index (χ0) is 16.7. The number of amides is 1. The van der Waals surface area contributed by atoms with Crippen LogP contribution in [0.2, 0.25) is 0 Å². The predicted molar refractivity (Wildman–Crippen MR) is 83.0 cm³/mol. The van der Waals surface area contributed by atoms with Gasteiger partial charge < -0.3 is 20.1 Å². The lowest BCUT2D eigenvalue weighted by Gasteiger charge is -2.33. The van der Waals surface area contributed by atoms with Crippen LogP contribution in [0, 0.1) is 0 Å². The molecule has 2 N–H and O–H groups in total. The largest absolute Gasteiger partial charge is 0.480 e. The van der Waals surface area contributed by atoms with E-state index in [1.807, 2.05) is 10.8 Å². The number of carbonyl (C=O) groups is 3. The molecular formula is C14H20N2O5S. The van der Waals surface area contributed by atoms with E-state index in [4.69, 9.17) is 9.84 Å². The summed E-state index contributed by atoms with van der Waals surface area (Å²) >= 11 is 1.44. The van der Waals surface area contributed by atoms with Gasteiger partial charge >= 0.3 is 11.9 Å². The van der Waals surface area contributed by atoms with Crippen molar-refractivity contribution in [1.82, 2.24) is 5.32 Å². The van der Waals surface area contributed by atoms with Gasteiger partial charge in [0.25, 0.3) is 0 Å². The fourth-order valence-electron chi connectivity index (χ4n) is 2.00. The van der Waals surface area contributed by atoms with E-state index in [0.29, 0.717) is 5.69 Å². The lowest BCUT2D eigenvalue weighted by Crippen LogP contribution is -2.52. The molecule has 0 aliphatic rings. The maximum atomic E-state index is 12.1. The summed E-state index contributed by atoms with van der Waals surface area (Å²) in [4.78, 5) is 36.3. The van der Waals surface area contributed by atoms with Gasteiger partial charge in [-0.25, -0.2) is 4.79 Å². The molecule has 0 fully saturated rings. The molecule has 22 heavy (non-hydrogen) atoms. The molecule has 2 atom stereocenters. The molecule has 1 rings (SSSR count). The van der Waals surface area contributed by atoms with Gasteiger partial charge in [0, 0.05) is 11.1 Å². The minimum Gasteiger partial charge on any atom is -0.480 e. The van der Waals surface area contributed by atoms with Crippen molar-refractivity contribution in [2.24, 2.45) is 0 Å². The summed E-state index contributed by atoms with van der Waals surface area (Å²) in [5.41, 5.74) is 0.712. The summed E-state index contributed by atoms with van der Waals surface area (Å²) in [7, 11) is 0. The average Bonchev–Trinajstić information content (AvgIpc) is 2.98. The molecule has 0 bridgehead atoms. The number of thiophene rings is 1. The van der Waals surface area contributed by atoms with Gasteiger partial charge in [-0.15, -0.1) is 0 Å². The van der Waals surface area contributed by atoms with Crippen LogP contribution >= 0.6 is 11.3 Å². The number of hydrogen-bond donors (Lipinski definition) is 2. The molecule has 8 heteroatoms. The van der Waals surface area contributed by atoms with Crippen molar-refractivity contribution >= 4 is 34.9 Å². The zero-order valence-corrected chi connectivity index (χ0v) is 13.6. The number of aliphatic carboxylic acids is 1. The molecule has 7 nitrogen and oxygen atoms in total. The van der Waals surface area contributed by atoms with Crippen LogP contribution in [-0.2, 0) is 19.1 Å². The third-order valence-corrected chi connectivity index (χ3v) is 3.73. The van der Waals surface area contributed by atoms with Gasteiger partial charge in [-0.2, -0.15) is 11.3 Å². The van der Waals surface area contributed by atoms with Crippen LogP contribution in [0.5, 0.6) is 0 Å². The van der Waals surface area contributed by atoms with Gasteiger partial charge in [-0.3, -0.25) is 9.59 Å². The first-order valence-electron chi connectivity index (χ1n) is 6.85. The standard InChI is InChI=1S/C14H20N2O5S/c1-4-21-14(20)10(3)16(11-5-6-22-8-11)9(2)13(19)15-7-12(17)18/h5-6,8-10H,4,7H2,1-3H3,(H,15,19)(H,17,18)/t9-,10-/m0/s1. The summed E-state index contributed by atoms with van der Waals surface area (Å²) < 4.78 is 5.01. The van der Waals surface area contributed by atoms with Crippen LogP contribution < -0.4 is 10.2 Å². The Balaban J connectivity index is 2.93. The van der Waals surface area contributed by atoms with Gasteiger partial charge in [0.2, 0.25) is 5.91 Å². The summed E-state index contributed by atoms with van der Waals surface area (Å²) in [6.07, 6.45) is 0. The second-order valence-corrected chi connectivity index (χ2v) is 5.38. The van der Waals surface area contributed by atoms with Crippen molar-refractivity contribution in [2.75, 3.05) is 18.1 Å². The van der Waals surface area contributed by atoms with Gasteiger partial charge in [0.05, 0.1) is 6.61 Å². The Morgan fingerprint density at radius 2 is 2.05 bits per heavy atom. The molecule has 0 aliphatic carbocycles. The van der Waals surface area contributed by atoms with Crippen molar-refractivity contribution in [2.45, 2.75) is 32.9 Å². The Morgan fingerprint density at radius 1 is 1.36 bits per heavy atom. The van der Waals surface area contributed by atoms with E-state index in [9.17, 15) is 14.4 Å². The van der Waals surface area contributed by atoms with E-state index in [0.717, 1.165) is 0 Å². The number of rotatable bonds is 8. The molecule has 0 unspecified atom stereocenters. The molecular weight excluding hydrogens is 308 g/mol. The smallest absolute Gasteiger partial charge is 0.328 e. The highest BCUT2D eigenvalue weighted by Gasteiger charge is 2.31. The Kier molecular flexibility index (Phi) is 6.84. The lowest BCUT2D eigenvalue weighted by molar-refractivity contribution is -0.144. The Hall–Kier alpha value is -2.09. The van der Waals surface area contributed by atoms with Gasteiger partial charge in [0.15, 0.2) is 0 Å². The monoisotopic (exact) mass is 328 g/mol. The van der Waals surface area contributed by atoms with Gasteiger partial charge in [-0.05, 0) is 32.2 Å². The Labute approximate surface area is 132 Å². The normalized spacial score (nSPS) is 13.0. The minimum absolute atomic E-state index is 0.250. The number of anilines is 1. The second-order valence-electron chi connectivity index (χ2n) is 4.60. The second kappa shape index (κ2) is 8.38. The zero-order valence-electron chi connectivity index (χ0n) is 12.7. The number of carbonyl (C=O) groups excluding carboxylic acids is 2. The molecule has 0 radical (unpaired) electrons. The number of ether oxygens (including phenoxy) is 1. The Morgan fingerprint density at radius 3 is 2.55 bits per heavy atom. The minimum atomic E-state index is -1.12. The van der Waals surface area contributed by atoms with Crippen molar-refractivity contribution in [1.29, 1.82) is 0 Å². The van der Waals surface area contributed by atoms with Gasteiger partial charge in [-0.1, -0.05) is 0 Å². The number of carboxylic acids is 1. The SMILES string of the molecule is CCOC(=O)[C@H](C)N(c1ccsc1)[C@@H](C)C(=O)NCC(=O)O. The molecule has 1 heterocycles. The summed E-state index contributed by atoms with van der Waals surface area (Å²) in [6.45, 7) is 4.76. The maximum absolute atomic E-state index is 12.1. The molecule has 1 aromatic heterocycles. The summed E-state index contributed by atoms with van der Waals surface area (Å²) in [6, 6.07) is 0.412. The van der Waals surface area contributed by atoms with E-state index < -0.39 is 36.5 Å². The van der Waals surface area contributed by atoms with Crippen molar-refractivity contribution in [3.63, 3.8) is 0 Å². The first-order valence-corrected chi connectivity index (χ1v) is 7.79. The molecule has 122 valence electrons. The first kappa shape index (κ1) is 18.0. The number of carboxylic acid groups (broad SMARTS) is 1. The highest BCUT2D eigenvalue weighted by atomic mass is 32.1. The molecule has 0 aromatic carbocycles. The highest BCUT2D eigenvalue weighted by molar-refractivity contribution is 7.08. The van der Waals surface area contributed by atoms with E-state index in [1.165, 1.54) is 11.3 Å². The molecule has 0 aliphatic heterocycles. The number of hydrogen-bond acceptors (Lipinski definition) is 6. The van der Waals surface area contributed by atoms with Crippen LogP contribution in [0.15, 0.2) is 16.8 Å². The van der Waals surface area contributed by atoms with E-state index >= 15 is 0 Å². The van der Waals surface area contributed by atoms with Crippen molar-refractivity contribution in [3.8, 4) is 0 Å². The van der Waals surface area contributed by atoms with Crippen LogP contribution in [-0.4, -0.2) is 48.2 Å². The average molecular weight is 328 g/mol. The van der Waals surface area contributed by atoms with Crippen molar-refractivity contribution < 1.29 is 24.2 Å². The number of nitrogens with one attached hydrogen (secondary N) is 1. The first-order chi connectivity index (χ1) is 10.4. The van der Waals surface area contributed by atoms with Crippen LogP contribution in [0.1, 0.15) is 20.8 Å². The number of esters is 1. The summed E-state index contributed by atoms with van der Waals surface area (Å²) in [5.74, 6) is -2.03. The fraction of sp³-hybridized carbons (Fsp3) is 0.500. The Bertz CT molecular complexity index is 517. The molecule has 0 spiro atoms. The van der Waals surface area contributed by atoms with Crippen LogP contribution in [0.25, 0.3) is 0 Å². The van der Waals surface area contributed by atoms with Crippen molar-refractivity contribution in [3.05, 3.63) is 16.8 Å². The number of nitrogens with zero attached hydrogens (tertiary/aromatic N) is 1. The van der Waals surface area contributed by atoms with Crippen LogP contribution in [0.4, 0.5) is 5.69 Å². The highest BCUT2D eigenvalue weighted by Crippen LogP contribution is 2.23.